The molecule has 5 nitrogen and oxygen atoms in total. The highest BCUT2D eigenvalue weighted by Gasteiger charge is 2.20. The van der Waals surface area contributed by atoms with Crippen LogP contribution in [-0.4, -0.2) is 25.9 Å². The van der Waals surface area contributed by atoms with Crippen LogP contribution in [0.4, 0.5) is 5.69 Å². The Morgan fingerprint density at radius 2 is 2.09 bits per heavy atom. The second kappa shape index (κ2) is 7.86. The number of nitrogens with one attached hydrogen (secondary N) is 1. The summed E-state index contributed by atoms with van der Waals surface area (Å²) in [5.41, 5.74) is 0.414. The molecule has 2 aromatic rings. The fourth-order valence-corrected chi connectivity index (χ4v) is 3.24. The Morgan fingerprint density at radius 3 is 2.70 bits per heavy atom. The van der Waals surface area contributed by atoms with Crippen molar-refractivity contribution in [2.75, 3.05) is 5.32 Å². The number of carbonyl (C=O) groups is 1. The van der Waals surface area contributed by atoms with Crippen molar-refractivity contribution in [1.29, 1.82) is 0 Å². The lowest BCUT2D eigenvalue weighted by Crippen LogP contribution is -2.23. The van der Waals surface area contributed by atoms with Gasteiger partial charge in [-0.3, -0.25) is 4.79 Å². The molecular formula is C15H16Cl2N4OS. The van der Waals surface area contributed by atoms with Gasteiger partial charge >= 0.3 is 0 Å². The van der Waals surface area contributed by atoms with Crippen LogP contribution < -0.4 is 5.32 Å². The zero-order valence-corrected chi connectivity index (χ0v) is 15.0. The van der Waals surface area contributed by atoms with E-state index < -0.39 is 5.25 Å². The van der Waals surface area contributed by atoms with E-state index in [0.29, 0.717) is 27.4 Å². The van der Waals surface area contributed by atoms with Crippen molar-refractivity contribution in [3.8, 4) is 0 Å². The van der Waals surface area contributed by atoms with Gasteiger partial charge in [-0.05, 0) is 26.0 Å². The molecule has 122 valence electrons. The Labute approximate surface area is 149 Å². The Balaban J connectivity index is 2.10. The molecule has 8 heteroatoms. The van der Waals surface area contributed by atoms with E-state index in [9.17, 15) is 4.79 Å². The molecule has 1 amide bonds. The molecule has 1 aromatic carbocycles. The third-order valence-electron chi connectivity index (χ3n) is 3.08. The van der Waals surface area contributed by atoms with Crippen LogP contribution in [0.5, 0.6) is 0 Å². The first-order valence-corrected chi connectivity index (χ1v) is 8.49. The summed E-state index contributed by atoms with van der Waals surface area (Å²) in [6, 6.07) is 5.06. The molecule has 0 fully saturated rings. The van der Waals surface area contributed by atoms with Gasteiger partial charge in [-0.2, -0.15) is 0 Å². The summed E-state index contributed by atoms with van der Waals surface area (Å²) in [5, 5.41) is 11.9. The van der Waals surface area contributed by atoms with Crippen LogP contribution in [0, 0.1) is 6.92 Å². The molecule has 23 heavy (non-hydrogen) atoms. The van der Waals surface area contributed by atoms with E-state index in [-0.39, 0.29) is 5.91 Å². The molecule has 0 unspecified atom stereocenters. The maximum atomic E-state index is 12.4. The van der Waals surface area contributed by atoms with Crippen molar-refractivity contribution >= 4 is 46.6 Å². The molecule has 0 aliphatic rings. The topological polar surface area (TPSA) is 59.8 Å². The van der Waals surface area contributed by atoms with Gasteiger partial charge in [-0.25, -0.2) is 0 Å². The second-order valence-electron chi connectivity index (χ2n) is 4.78. The molecule has 1 heterocycles. The van der Waals surface area contributed by atoms with Crippen molar-refractivity contribution in [3.05, 3.63) is 46.7 Å². The van der Waals surface area contributed by atoms with E-state index in [2.05, 4.69) is 22.1 Å². The van der Waals surface area contributed by atoms with Gasteiger partial charge < -0.3 is 9.88 Å². The predicted octanol–water partition coefficient (Wildman–Crippen LogP) is 4.20. The van der Waals surface area contributed by atoms with Crippen LogP contribution in [0.25, 0.3) is 0 Å². The fraction of sp³-hybridized carbons (Fsp3) is 0.267. The molecule has 1 N–H and O–H groups in total. The molecule has 1 aromatic heterocycles. The number of rotatable bonds is 6. The average Bonchev–Trinajstić information content (AvgIpc) is 2.84. The number of aryl methyl sites for hydroxylation is 1. The third kappa shape index (κ3) is 4.28. The molecule has 0 radical (unpaired) electrons. The zero-order chi connectivity index (χ0) is 17.0. The lowest BCUT2D eigenvalue weighted by Gasteiger charge is -2.14. The summed E-state index contributed by atoms with van der Waals surface area (Å²) in [6.07, 6.45) is 1.76. The monoisotopic (exact) mass is 370 g/mol. The Kier molecular flexibility index (Phi) is 6.10. The number of aromatic nitrogens is 3. The van der Waals surface area contributed by atoms with E-state index in [4.69, 9.17) is 23.2 Å². The Hall–Kier alpha value is -1.50. The number of thioether (sulfide) groups is 1. The number of halogens is 2. The van der Waals surface area contributed by atoms with Gasteiger partial charge in [0.2, 0.25) is 5.91 Å². The van der Waals surface area contributed by atoms with Gasteiger partial charge in [0.25, 0.3) is 0 Å². The van der Waals surface area contributed by atoms with Crippen LogP contribution in [0.2, 0.25) is 10.0 Å². The third-order valence-corrected chi connectivity index (χ3v) is 4.79. The predicted molar refractivity (Wildman–Crippen MR) is 95.4 cm³/mol. The summed E-state index contributed by atoms with van der Waals surface area (Å²) in [7, 11) is 0. The summed E-state index contributed by atoms with van der Waals surface area (Å²) in [6.45, 7) is 7.94. The van der Waals surface area contributed by atoms with E-state index in [1.54, 1.807) is 31.2 Å². The summed E-state index contributed by atoms with van der Waals surface area (Å²) >= 11 is 13.4. The minimum atomic E-state index is -0.394. The zero-order valence-electron chi connectivity index (χ0n) is 12.7. The van der Waals surface area contributed by atoms with Crippen LogP contribution in [0.15, 0.2) is 36.0 Å². The average molecular weight is 371 g/mol. The summed E-state index contributed by atoms with van der Waals surface area (Å²) < 4.78 is 1.89. The van der Waals surface area contributed by atoms with Crippen molar-refractivity contribution in [1.82, 2.24) is 14.8 Å². The number of anilines is 1. The molecule has 0 aliphatic carbocycles. The second-order valence-corrected chi connectivity index (χ2v) is 6.90. The molecule has 0 saturated heterocycles. The number of nitrogens with zero attached hydrogens (tertiary/aromatic N) is 3. The minimum absolute atomic E-state index is 0.212. The summed E-state index contributed by atoms with van der Waals surface area (Å²) in [4.78, 5) is 12.4. The highest BCUT2D eigenvalue weighted by molar-refractivity contribution is 8.00. The lowest BCUT2D eigenvalue weighted by molar-refractivity contribution is -0.115. The normalized spacial score (nSPS) is 12.0. The van der Waals surface area contributed by atoms with E-state index >= 15 is 0 Å². The Bertz CT molecular complexity index is 712. The highest BCUT2D eigenvalue weighted by atomic mass is 35.5. The maximum absolute atomic E-state index is 12.4. The number of benzene rings is 1. The van der Waals surface area contributed by atoms with Crippen molar-refractivity contribution in [2.24, 2.45) is 0 Å². The van der Waals surface area contributed by atoms with E-state index in [1.165, 1.54) is 11.8 Å². The van der Waals surface area contributed by atoms with Crippen LogP contribution in [0.3, 0.4) is 0 Å². The van der Waals surface area contributed by atoms with Gasteiger partial charge in [0.15, 0.2) is 5.16 Å². The molecule has 0 saturated carbocycles. The first-order chi connectivity index (χ1) is 10.9. The first-order valence-electron chi connectivity index (χ1n) is 6.86. The van der Waals surface area contributed by atoms with Crippen molar-refractivity contribution in [3.63, 3.8) is 0 Å². The fourth-order valence-electron chi connectivity index (χ4n) is 1.84. The number of carbonyl (C=O) groups excluding carboxylic acids is 1. The van der Waals surface area contributed by atoms with E-state index in [0.717, 1.165) is 5.82 Å². The van der Waals surface area contributed by atoms with Gasteiger partial charge in [-0.1, -0.05) is 47.1 Å². The van der Waals surface area contributed by atoms with Gasteiger partial charge in [-0.15, -0.1) is 16.8 Å². The quantitative estimate of drug-likeness (QED) is 0.611. The van der Waals surface area contributed by atoms with Crippen LogP contribution >= 0.6 is 35.0 Å². The molecular weight excluding hydrogens is 355 g/mol. The molecule has 2 rings (SSSR count). The van der Waals surface area contributed by atoms with E-state index in [1.807, 2.05) is 11.5 Å². The van der Waals surface area contributed by atoms with Gasteiger partial charge in [0, 0.05) is 6.54 Å². The number of allylic oxidation sites excluding steroid dienone is 1. The molecule has 0 spiro atoms. The minimum Gasteiger partial charge on any atom is -0.323 e. The van der Waals surface area contributed by atoms with Gasteiger partial charge in [0.05, 0.1) is 21.0 Å². The highest BCUT2D eigenvalue weighted by Crippen LogP contribution is 2.31. The van der Waals surface area contributed by atoms with Crippen molar-refractivity contribution in [2.45, 2.75) is 30.8 Å². The number of hydrogen-bond donors (Lipinski definition) is 1. The summed E-state index contributed by atoms with van der Waals surface area (Å²) in [5.74, 6) is 0.560. The van der Waals surface area contributed by atoms with Gasteiger partial charge in [0.1, 0.15) is 5.82 Å². The number of para-hydroxylation sites is 1. The number of hydrogen-bond acceptors (Lipinski definition) is 4. The largest absolute Gasteiger partial charge is 0.323 e. The smallest absolute Gasteiger partial charge is 0.237 e. The van der Waals surface area contributed by atoms with Crippen LogP contribution in [0.1, 0.15) is 12.7 Å². The standard InChI is InChI=1S/C15H16Cl2N4OS/c1-4-8-21-10(3)19-20-15(21)23-9(2)14(22)18-13-11(16)6-5-7-12(13)17/h4-7,9H,1,8H2,2-3H3,(H,18,22)/t9-/m1/s1. The maximum Gasteiger partial charge on any atom is 0.237 e. The first kappa shape index (κ1) is 17.8. The molecule has 0 aliphatic heterocycles. The molecule has 1 atom stereocenters. The molecule has 0 bridgehead atoms. The Morgan fingerprint density at radius 1 is 1.43 bits per heavy atom. The SMILES string of the molecule is C=CCn1c(C)nnc1S[C@H](C)C(=O)Nc1c(Cl)cccc1Cl. The number of amides is 1. The van der Waals surface area contributed by atoms with Crippen LogP contribution in [-0.2, 0) is 11.3 Å². The lowest BCUT2D eigenvalue weighted by atomic mass is 10.3. The van der Waals surface area contributed by atoms with Crippen molar-refractivity contribution < 1.29 is 4.79 Å².